The maximum Gasteiger partial charge on any atom is 0.171 e. The SMILES string of the molecule is C=CC[C@]1(O)CC[C@H]2[C@@H]3CC=C4CC(=O)CCC4=C3[C@@H](c3ccc(P(=O)(c4ccc(Cl)cc4)c4ccc(Cl)cc4)cc3)C[C@@]21C. The van der Waals surface area contributed by atoms with Gasteiger partial charge < -0.3 is 9.67 Å². The highest BCUT2D eigenvalue weighted by atomic mass is 35.5. The maximum atomic E-state index is 15.2. The predicted octanol–water partition coefficient (Wildman–Crippen LogP) is 8.84. The van der Waals surface area contributed by atoms with Gasteiger partial charge in [0.05, 0.1) is 5.60 Å². The minimum atomic E-state index is -3.22. The molecule has 232 valence electrons. The van der Waals surface area contributed by atoms with Crippen molar-refractivity contribution in [3.8, 4) is 0 Å². The van der Waals surface area contributed by atoms with E-state index in [9.17, 15) is 9.90 Å². The van der Waals surface area contributed by atoms with Crippen molar-refractivity contribution in [1.82, 2.24) is 0 Å². The quantitative estimate of drug-likeness (QED) is 0.213. The van der Waals surface area contributed by atoms with Crippen LogP contribution < -0.4 is 15.9 Å². The number of carbonyl (C=O) groups excluding carboxylic acids is 1. The Bertz CT molecular complexity index is 1720. The minimum Gasteiger partial charge on any atom is -0.389 e. The number of hydrogen-bond donors (Lipinski definition) is 1. The summed E-state index contributed by atoms with van der Waals surface area (Å²) in [5.74, 6) is 1.16. The Morgan fingerprint density at radius 1 is 0.933 bits per heavy atom. The van der Waals surface area contributed by atoms with Crippen molar-refractivity contribution in [3.63, 3.8) is 0 Å². The van der Waals surface area contributed by atoms with Gasteiger partial charge in [-0.1, -0.05) is 72.1 Å². The monoisotopic (exact) mass is 656 g/mol. The summed E-state index contributed by atoms with van der Waals surface area (Å²) in [7, 11) is -3.22. The van der Waals surface area contributed by atoms with E-state index in [-0.39, 0.29) is 11.3 Å². The summed E-state index contributed by atoms with van der Waals surface area (Å²) in [6.45, 7) is 6.30. The van der Waals surface area contributed by atoms with Gasteiger partial charge in [0.1, 0.15) is 5.78 Å². The summed E-state index contributed by atoms with van der Waals surface area (Å²) < 4.78 is 15.2. The van der Waals surface area contributed by atoms with Crippen molar-refractivity contribution in [2.45, 2.75) is 69.8 Å². The van der Waals surface area contributed by atoms with Crippen molar-refractivity contribution in [2.24, 2.45) is 17.3 Å². The predicted molar refractivity (Wildman–Crippen MR) is 186 cm³/mol. The normalized spacial score (nSPS) is 29.5. The van der Waals surface area contributed by atoms with Gasteiger partial charge in [0.2, 0.25) is 0 Å². The van der Waals surface area contributed by atoms with Gasteiger partial charge in [-0.25, -0.2) is 0 Å². The highest BCUT2D eigenvalue weighted by Crippen LogP contribution is 2.67. The zero-order chi connectivity index (χ0) is 31.6. The average Bonchev–Trinajstić information content (AvgIpc) is 3.30. The van der Waals surface area contributed by atoms with Crippen LogP contribution in [0.2, 0.25) is 10.0 Å². The van der Waals surface area contributed by atoms with Crippen molar-refractivity contribution in [1.29, 1.82) is 0 Å². The lowest BCUT2D eigenvalue weighted by Crippen LogP contribution is -2.51. The van der Waals surface area contributed by atoms with Crippen LogP contribution in [0.1, 0.15) is 69.8 Å². The molecule has 0 radical (unpaired) electrons. The summed E-state index contributed by atoms with van der Waals surface area (Å²) in [5, 5.41) is 15.5. The number of benzene rings is 3. The molecule has 5 atom stereocenters. The molecule has 1 N–H and O–H groups in total. The van der Waals surface area contributed by atoms with Gasteiger partial charge >= 0.3 is 0 Å². The molecule has 3 nitrogen and oxygen atoms in total. The maximum absolute atomic E-state index is 15.2. The lowest BCUT2D eigenvalue weighted by atomic mass is 9.51. The highest BCUT2D eigenvalue weighted by molar-refractivity contribution is 7.85. The first-order valence-corrected chi connectivity index (χ1v) is 18.5. The molecule has 7 rings (SSSR count). The van der Waals surface area contributed by atoms with Gasteiger partial charge in [-0.3, -0.25) is 4.79 Å². The van der Waals surface area contributed by atoms with Gasteiger partial charge in [-0.05, 0) is 116 Å². The minimum absolute atomic E-state index is 0.108. The number of carbonyl (C=O) groups is 1. The number of halogens is 2. The van der Waals surface area contributed by atoms with E-state index in [1.807, 2.05) is 42.5 Å². The smallest absolute Gasteiger partial charge is 0.171 e. The summed E-state index contributed by atoms with van der Waals surface area (Å²) in [4.78, 5) is 12.5. The van der Waals surface area contributed by atoms with Crippen molar-refractivity contribution >= 4 is 52.0 Å². The fourth-order valence-electron chi connectivity index (χ4n) is 9.23. The van der Waals surface area contributed by atoms with Gasteiger partial charge in [0, 0.05) is 50.1 Å². The number of allylic oxidation sites excluding steroid dienone is 4. The number of Topliss-reactive ketones (excluding diaryl/α,β-unsaturated/α-hetero) is 1. The zero-order valence-electron chi connectivity index (χ0n) is 25.6. The Hall–Kier alpha value is -2.68. The van der Waals surface area contributed by atoms with Gasteiger partial charge in [0.15, 0.2) is 7.14 Å². The summed E-state index contributed by atoms with van der Waals surface area (Å²) in [5.41, 5.74) is 4.20. The number of ketones is 1. The lowest BCUT2D eigenvalue weighted by Gasteiger charge is -2.54. The standard InChI is InChI=1S/C39H39Cl2O3P/c1-3-21-39(43)22-20-36-34-18-6-26-23-29(42)11-19-33(26)37(34)35(24-38(36,39)2)25-4-12-30(13-5-25)45(44,31-14-7-27(40)8-15-31)32-16-9-28(41)10-17-32/h3-10,12-17,34-36,43H,1,11,18-24H2,2H3/t34-,35+,36-,38-,39-/m0/s1. The van der Waals surface area contributed by atoms with Crippen LogP contribution in [0.4, 0.5) is 0 Å². The second kappa shape index (κ2) is 11.5. The first kappa shape index (κ1) is 30.9. The Morgan fingerprint density at radius 3 is 2.09 bits per heavy atom. The van der Waals surface area contributed by atoms with Crippen molar-refractivity contribution in [2.75, 3.05) is 0 Å². The largest absolute Gasteiger partial charge is 0.389 e. The second-order valence-corrected chi connectivity index (χ2v) is 17.4. The van der Waals surface area contributed by atoms with E-state index >= 15 is 4.57 Å². The number of fused-ring (bicyclic) bond motifs is 4. The third-order valence-corrected chi connectivity index (χ3v) is 15.1. The molecule has 0 unspecified atom stereocenters. The Morgan fingerprint density at radius 2 is 1.51 bits per heavy atom. The van der Waals surface area contributed by atoms with E-state index in [0.717, 1.165) is 48.0 Å². The fraction of sp³-hybridized carbons (Fsp3) is 0.359. The van der Waals surface area contributed by atoms with Crippen LogP contribution in [-0.2, 0) is 9.36 Å². The Balaban J connectivity index is 1.35. The van der Waals surface area contributed by atoms with Gasteiger partial charge in [0.25, 0.3) is 0 Å². The van der Waals surface area contributed by atoms with Crippen LogP contribution >= 0.6 is 30.3 Å². The summed E-state index contributed by atoms with van der Waals surface area (Å²) in [6, 6.07) is 22.9. The molecule has 4 aliphatic rings. The highest BCUT2D eigenvalue weighted by Gasteiger charge is 2.62. The van der Waals surface area contributed by atoms with Gasteiger partial charge in [-0.15, -0.1) is 6.58 Å². The molecule has 0 spiro atoms. The third kappa shape index (κ3) is 4.97. The third-order valence-electron chi connectivity index (χ3n) is 11.6. The molecular weight excluding hydrogens is 618 g/mol. The molecule has 3 fully saturated rings. The Labute approximate surface area is 276 Å². The lowest BCUT2D eigenvalue weighted by molar-refractivity contribution is -0.118. The molecule has 0 aromatic heterocycles. The Kier molecular flexibility index (Phi) is 7.93. The molecule has 6 heteroatoms. The van der Waals surface area contributed by atoms with Crippen molar-refractivity contribution in [3.05, 3.63) is 124 Å². The molecule has 0 bridgehead atoms. The second-order valence-electron chi connectivity index (χ2n) is 13.7. The van der Waals surface area contributed by atoms with E-state index in [1.165, 1.54) is 22.3 Å². The van der Waals surface area contributed by atoms with Crippen LogP contribution in [0.5, 0.6) is 0 Å². The molecule has 3 aromatic carbocycles. The summed E-state index contributed by atoms with van der Waals surface area (Å²) in [6.07, 6.45) is 10.3. The van der Waals surface area contributed by atoms with E-state index in [4.69, 9.17) is 23.2 Å². The fourth-order valence-corrected chi connectivity index (χ4v) is 12.1. The molecule has 4 aliphatic carbocycles. The molecule has 3 aromatic rings. The zero-order valence-corrected chi connectivity index (χ0v) is 28.1. The van der Waals surface area contributed by atoms with Crippen LogP contribution in [0.15, 0.2) is 108 Å². The molecule has 0 amide bonds. The topological polar surface area (TPSA) is 54.4 Å². The van der Waals surface area contributed by atoms with Crippen LogP contribution in [-0.4, -0.2) is 16.5 Å². The molecule has 0 heterocycles. The molecule has 3 saturated carbocycles. The number of rotatable bonds is 6. The van der Waals surface area contributed by atoms with Crippen LogP contribution in [0.3, 0.4) is 0 Å². The van der Waals surface area contributed by atoms with E-state index in [1.54, 1.807) is 24.3 Å². The summed E-state index contributed by atoms with van der Waals surface area (Å²) >= 11 is 12.5. The molecular formula is C39H39Cl2O3P. The number of hydrogen-bond acceptors (Lipinski definition) is 3. The molecule has 0 saturated heterocycles. The van der Waals surface area contributed by atoms with E-state index in [0.29, 0.717) is 46.9 Å². The molecule has 45 heavy (non-hydrogen) atoms. The van der Waals surface area contributed by atoms with Crippen LogP contribution in [0, 0.1) is 17.3 Å². The first-order chi connectivity index (χ1) is 21.6. The van der Waals surface area contributed by atoms with Gasteiger partial charge in [-0.2, -0.15) is 0 Å². The number of aliphatic hydroxyl groups is 1. The average molecular weight is 658 g/mol. The van der Waals surface area contributed by atoms with E-state index < -0.39 is 12.7 Å². The molecule has 0 aliphatic heterocycles. The van der Waals surface area contributed by atoms with Crippen molar-refractivity contribution < 1.29 is 14.5 Å². The first-order valence-electron chi connectivity index (χ1n) is 16.1. The van der Waals surface area contributed by atoms with Crippen LogP contribution in [0.25, 0.3) is 0 Å². The van der Waals surface area contributed by atoms with E-state index in [2.05, 4.69) is 31.7 Å².